The van der Waals surface area contributed by atoms with E-state index in [1.165, 1.54) is 12.1 Å². The average molecular weight is 321 g/mol. The van der Waals surface area contributed by atoms with Crippen molar-refractivity contribution in [2.24, 2.45) is 0 Å². The molecule has 0 spiro atoms. The summed E-state index contributed by atoms with van der Waals surface area (Å²) >= 11 is 0. The number of nitrogens with zero attached hydrogens (tertiary/aromatic N) is 2. The van der Waals surface area contributed by atoms with E-state index in [-0.39, 0.29) is 0 Å². The van der Waals surface area contributed by atoms with Crippen LogP contribution in [0.4, 0.5) is 14.5 Å². The summed E-state index contributed by atoms with van der Waals surface area (Å²) in [6, 6.07) is 14.6. The maximum atomic E-state index is 14.0. The lowest BCUT2D eigenvalue weighted by Gasteiger charge is -2.06. The molecule has 0 saturated carbocycles. The van der Waals surface area contributed by atoms with Crippen molar-refractivity contribution in [3.8, 4) is 22.4 Å². The SMILES string of the molecule is Nc1cccc(-c2cnc3cc(-c4ccc(F)cc4F)ccn23)c1. The van der Waals surface area contributed by atoms with Gasteiger partial charge in [-0.15, -0.1) is 0 Å². The van der Waals surface area contributed by atoms with Gasteiger partial charge < -0.3 is 5.73 Å². The molecule has 24 heavy (non-hydrogen) atoms. The van der Waals surface area contributed by atoms with Crippen LogP contribution in [-0.2, 0) is 0 Å². The number of pyridine rings is 1. The first-order chi connectivity index (χ1) is 11.6. The standard InChI is InChI=1S/C19H13F2N3/c20-14-4-5-16(17(21)10-14)12-6-7-24-18(11-23-19(24)9-12)13-2-1-3-15(22)8-13/h1-11H,22H2. The van der Waals surface area contributed by atoms with Crippen LogP contribution in [0.2, 0.25) is 0 Å². The lowest BCUT2D eigenvalue weighted by atomic mass is 10.1. The average Bonchev–Trinajstić information content (AvgIpc) is 2.98. The smallest absolute Gasteiger partial charge is 0.137 e. The lowest BCUT2D eigenvalue weighted by Crippen LogP contribution is -1.92. The zero-order valence-electron chi connectivity index (χ0n) is 12.6. The normalized spacial score (nSPS) is 11.1. The maximum Gasteiger partial charge on any atom is 0.137 e. The minimum atomic E-state index is -0.595. The summed E-state index contributed by atoms with van der Waals surface area (Å²) in [5, 5.41) is 0. The Bertz CT molecular complexity index is 1050. The second-order valence-electron chi connectivity index (χ2n) is 5.54. The van der Waals surface area contributed by atoms with Crippen LogP contribution in [0.3, 0.4) is 0 Å². The Balaban J connectivity index is 1.83. The molecule has 0 saturated heterocycles. The van der Waals surface area contributed by atoms with Gasteiger partial charge in [-0.3, -0.25) is 4.40 Å². The zero-order valence-corrected chi connectivity index (χ0v) is 12.6. The third kappa shape index (κ3) is 2.40. The summed E-state index contributed by atoms with van der Waals surface area (Å²) in [5.74, 6) is -1.19. The van der Waals surface area contributed by atoms with E-state index in [0.29, 0.717) is 22.5 Å². The molecule has 118 valence electrons. The molecule has 0 amide bonds. The van der Waals surface area contributed by atoms with Gasteiger partial charge in [-0.1, -0.05) is 12.1 Å². The number of benzene rings is 2. The van der Waals surface area contributed by atoms with E-state index in [1.807, 2.05) is 34.9 Å². The summed E-state index contributed by atoms with van der Waals surface area (Å²) < 4.78 is 28.9. The van der Waals surface area contributed by atoms with Crippen LogP contribution in [0, 0.1) is 11.6 Å². The van der Waals surface area contributed by atoms with E-state index in [1.54, 1.807) is 18.3 Å². The van der Waals surface area contributed by atoms with Crippen LogP contribution >= 0.6 is 0 Å². The van der Waals surface area contributed by atoms with Crippen molar-refractivity contribution in [3.05, 3.63) is 78.6 Å². The predicted octanol–water partition coefficient (Wildman–Crippen LogP) is 4.53. The molecule has 2 heterocycles. The first kappa shape index (κ1) is 14.4. The highest BCUT2D eigenvalue weighted by molar-refractivity contribution is 5.72. The van der Waals surface area contributed by atoms with Gasteiger partial charge in [0.15, 0.2) is 0 Å². The fourth-order valence-corrected chi connectivity index (χ4v) is 2.78. The number of imidazole rings is 1. The Morgan fingerprint density at radius 2 is 1.79 bits per heavy atom. The van der Waals surface area contributed by atoms with Gasteiger partial charge in [-0.25, -0.2) is 13.8 Å². The van der Waals surface area contributed by atoms with E-state index in [2.05, 4.69) is 4.98 Å². The molecule has 2 N–H and O–H groups in total. The Hall–Kier alpha value is -3.21. The number of nitrogens with two attached hydrogens (primary N) is 1. The highest BCUT2D eigenvalue weighted by Crippen LogP contribution is 2.27. The van der Waals surface area contributed by atoms with Crippen LogP contribution in [0.25, 0.3) is 28.0 Å². The van der Waals surface area contributed by atoms with E-state index in [9.17, 15) is 8.78 Å². The van der Waals surface area contributed by atoms with E-state index < -0.39 is 11.6 Å². The molecule has 0 aliphatic heterocycles. The molecule has 2 aromatic heterocycles. The second-order valence-corrected chi connectivity index (χ2v) is 5.54. The number of aromatic nitrogens is 2. The van der Waals surface area contributed by atoms with Gasteiger partial charge in [-0.2, -0.15) is 0 Å². The van der Waals surface area contributed by atoms with E-state index >= 15 is 0 Å². The third-order valence-corrected chi connectivity index (χ3v) is 3.94. The van der Waals surface area contributed by atoms with Gasteiger partial charge in [0.2, 0.25) is 0 Å². The molecule has 3 nitrogen and oxygen atoms in total. The summed E-state index contributed by atoms with van der Waals surface area (Å²) in [4.78, 5) is 4.38. The van der Waals surface area contributed by atoms with Gasteiger partial charge >= 0.3 is 0 Å². The molecule has 4 rings (SSSR count). The van der Waals surface area contributed by atoms with Gasteiger partial charge in [0, 0.05) is 29.1 Å². The zero-order chi connectivity index (χ0) is 16.7. The van der Waals surface area contributed by atoms with Gasteiger partial charge in [0.1, 0.15) is 17.3 Å². The molecule has 5 heteroatoms. The monoisotopic (exact) mass is 321 g/mol. The lowest BCUT2D eigenvalue weighted by molar-refractivity contribution is 0.585. The van der Waals surface area contributed by atoms with Crippen LogP contribution in [0.5, 0.6) is 0 Å². The molecule has 0 fully saturated rings. The minimum Gasteiger partial charge on any atom is -0.399 e. The Morgan fingerprint density at radius 3 is 2.58 bits per heavy atom. The molecular weight excluding hydrogens is 308 g/mol. The van der Waals surface area contributed by atoms with Crippen LogP contribution in [-0.4, -0.2) is 9.38 Å². The number of hydrogen-bond acceptors (Lipinski definition) is 2. The molecule has 4 aromatic rings. The van der Waals surface area contributed by atoms with Crippen LogP contribution < -0.4 is 5.73 Å². The van der Waals surface area contributed by atoms with Crippen molar-refractivity contribution in [3.63, 3.8) is 0 Å². The van der Waals surface area contributed by atoms with Crippen molar-refractivity contribution >= 4 is 11.3 Å². The number of fused-ring (bicyclic) bond motifs is 1. The van der Waals surface area contributed by atoms with Crippen molar-refractivity contribution < 1.29 is 8.78 Å². The number of anilines is 1. The molecule has 0 bridgehead atoms. The minimum absolute atomic E-state index is 0.340. The Labute approximate surface area is 137 Å². The Kier molecular flexibility index (Phi) is 3.27. The van der Waals surface area contributed by atoms with Gasteiger partial charge in [-0.05, 0) is 42.0 Å². The van der Waals surface area contributed by atoms with Gasteiger partial charge in [0.25, 0.3) is 0 Å². The molecule has 0 aliphatic carbocycles. The highest BCUT2D eigenvalue weighted by atomic mass is 19.1. The van der Waals surface area contributed by atoms with Crippen molar-refractivity contribution in [1.82, 2.24) is 9.38 Å². The fraction of sp³-hybridized carbons (Fsp3) is 0. The largest absolute Gasteiger partial charge is 0.399 e. The Morgan fingerprint density at radius 1 is 0.917 bits per heavy atom. The summed E-state index contributed by atoms with van der Waals surface area (Å²) in [7, 11) is 0. The molecule has 0 atom stereocenters. The fourth-order valence-electron chi connectivity index (χ4n) is 2.78. The first-order valence-corrected chi connectivity index (χ1v) is 7.40. The number of halogens is 2. The number of hydrogen-bond donors (Lipinski definition) is 1. The molecule has 2 aromatic carbocycles. The molecule has 0 aliphatic rings. The second kappa shape index (κ2) is 5.45. The molecule has 0 radical (unpaired) electrons. The first-order valence-electron chi connectivity index (χ1n) is 7.40. The topological polar surface area (TPSA) is 43.3 Å². The summed E-state index contributed by atoms with van der Waals surface area (Å²) in [6.07, 6.45) is 3.56. The number of rotatable bonds is 2. The highest BCUT2D eigenvalue weighted by Gasteiger charge is 2.10. The van der Waals surface area contributed by atoms with E-state index in [4.69, 9.17) is 5.73 Å². The predicted molar refractivity (Wildman–Crippen MR) is 90.4 cm³/mol. The van der Waals surface area contributed by atoms with Crippen LogP contribution in [0.15, 0.2) is 67.0 Å². The number of nitrogen functional groups attached to an aromatic ring is 1. The quantitative estimate of drug-likeness (QED) is 0.551. The van der Waals surface area contributed by atoms with Crippen molar-refractivity contribution in [2.75, 3.05) is 5.73 Å². The van der Waals surface area contributed by atoms with Crippen molar-refractivity contribution in [1.29, 1.82) is 0 Å². The summed E-state index contributed by atoms with van der Waals surface area (Å²) in [6.45, 7) is 0. The third-order valence-electron chi connectivity index (χ3n) is 3.94. The van der Waals surface area contributed by atoms with E-state index in [0.717, 1.165) is 17.3 Å². The maximum absolute atomic E-state index is 14.0. The van der Waals surface area contributed by atoms with Crippen molar-refractivity contribution in [2.45, 2.75) is 0 Å². The van der Waals surface area contributed by atoms with Gasteiger partial charge in [0.05, 0.1) is 11.9 Å². The molecular formula is C19H13F2N3. The summed E-state index contributed by atoms with van der Waals surface area (Å²) in [5.41, 5.74) is 10.0. The van der Waals surface area contributed by atoms with Crippen LogP contribution in [0.1, 0.15) is 0 Å². The molecule has 0 unspecified atom stereocenters.